The van der Waals surface area contributed by atoms with Crippen LogP contribution in [0.2, 0.25) is 5.31 Å². The van der Waals surface area contributed by atoms with Crippen LogP contribution in [0.5, 0.6) is 0 Å². The summed E-state index contributed by atoms with van der Waals surface area (Å²) in [6.07, 6.45) is 8.35. The van der Waals surface area contributed by atoms with E-state index in [0.29, 0.717) is 5.31 Å². The SMILES string of the molecule is BC1(CN)CCCCCC1. The lowest BCUT2D eigenvalue weighted by atomic mass is 9.64. The standard InChI is InChI=1S/C8H18BN/c9-8(7-10)5-3-1-2-4-6-8/h1-7,9-10H2. The summed E-state index contributed by atoms with van der Waals surface area (Å²) in [5.74, 6) is 0. The molecule has 0 aromatic carbocycles. The molecule has 1 rings (SSSR count). The molecule has 0 bridgehead atoms. The minimum absolute atomic E-state index is 0.483. The second kappa shape index (κ2) is 3.43. The van der Waals surface area contributed by atoms with Crippen molar-refractivity contribution in [3.05, 3.63) is 0 Å². The molecule has 1 saturated carbocycles. The maximum Gasteiger partial charge on any atom is 0.111 e. The van der Waals surface area contributed by atoms with E-state index in [4.69, 9.17) is 5.73 Å². The van der Waals surface area contributed by atoms with Crippen LogP contribution in [0.4, 0.5) is 0 Å². The molecule has 1 aliphatic carbocycles. The van der Waals surface area contributed by atoms with E-state index in [1.807, 2.05) is 0 Å². The molecule has 0 unspecified atom stereocenters. The van der Waals surface area contributed by atoms with Crippen molar-refractivity contribution in [2.75, 3.05) is 6.54 Å². The average molecular weight is 139 g/mol. The Morgan fingerprint density at radius 3 is 2.00 bits per heavy atom. The van der Waals surface area contributed by atoms with Crippen LogP contribution in [0, 0.1) is 0 Å². The maximum atomic E-state index is 5.71. The van der Waals surface area contributed by atoms with Crippen molar-refractivity contribution in [1.82, 2.24) is 0 Å². The molecule has 0 aromatic heterocycles. The summed E-state index contributed by atoms with van der Waals surface area (Å²) in [7, 11) is 2.33. The highest BCUT2D eigenvalue weighted by Gasteiger charge is 2.23. The zero-order chi connectivity index (χ0) is 7.45. The lowest BCUT2D eigenvalue weighted by molar-refractivity contribution is 0.496. The van der Waals surface area contributed by atoms with Crippen molar-refractivity contribution in [3.63, 3.8) is 0 Å². The topological polar surface area (TPSA) is 26.0 Å². The Kier molecular flexibility index (Phi) is 2.78. The van der Waals surface area contributed by atoms with Gasteiger partial charge in [0.2, 0.25) is 0 Å². The van der Waals surface area contributed by atoms with Crippen molar-refractivity contribution >= 4 is 7.85 Å². The highest BCUT2D eigenvalue weighted by Crippen LogP contribution is 2.36. The lowest BCUT2D eigenvalue weighted by Gasteiger charge is -2.25. The summed E-state index contributed by atoms with van der Waals surface area (Å²) < 4.78 is 0. The van der Waals surface area contributed by atoms with E-state index in [1.165, 1.54) is 38.5 Å². The smallest absolute Gasteiger partial charge is 0.111 e. The Morgan fingerprint density at radius 2 is 1.60 bits per heavy atom. The summed E-state index contributed by atoms with van der Waals surface area (Å²) in [5, 5.41) is 0.483. The van der Waals surface area contributed by atoms with Gasteiger partial charge in [-0.2, -0.15) is 0 Å². The van der Waals surface area contributed by atoms with E-state index in [9.17, 15) is 0 Å². The van der Waals surface area contributed by atoms with Gasteiger partial charge in [-0.3, -0.25) is 0 Å². The third-order valence-electron chi connectivity index (χ3n) is 2.80. The third kappa shape index (κ3) is 2.01. The van der Waals surface area contributed by atoms with Crippen LogP contribution in [0.3, 0.4) is 0 Å². The molecule has 1 fully saturated rings. The molecule has 1 aliphatic rings. The van der Waals surface area contributed by atoms with Gasteiger partial charge < -0.3 is 5.73 Å². The van der Waals surface area contributed by atoms with Gasteiger partial charge in [-0.1, -0.05) is 38.5 Å². The van der Waals surface area contributed by atoms with Gasteiger partial charge in [-0.05, 0) is 11.9 Å². The second-order valence-corrected chi connectivity index (χ2v) is 3.93. The first kappa shape index (κ1) is 8.12. The predicted octanol–water partition coefficient (Wildman–Crippen LogP) is 1.09. The van der Waals surface area contributed by atoms with Crippen molar-refractivity contribution in [3.8, 4) is 0 Å². The molecular weight excluding hydrogens is 121 g/mol. The largest absolute Gasteiger partial charge is 0.331 e. The number of rotatable bonds is 1. The van der Waals surface area contributed by atoms with E-state index in [2.05, 4.69) is 7.85 Å². The van der Waals surface area contributed by atoms with Gasteiger partial charge >= 0.3 is 0 Å². The van der Waals surface area contributed by atoms with Crippen molar-refractivity contribution < 1.29 is 0 Å². The van der Waals surface area contributed by atoms with E-state index in [-0.39, 0.29) is 0 Å². The Morgan fingerprint density at radius 1 is 1.10 bits per heavy atom. The van der Waals surface area contributed by atoms with Gasteiger partial charge in [0.05, 0.1) is 0 Å². The maximum absolute atomic E-state index is 5.71. The number of hydrogen-bond acceptors (Lipinski definition) is 1. The first-order chi connectivity index (χ1) is 4.77. The number of nitrogens with two attached hydrogens (primary N) is 1. The van der Waals surface area contributed by atoms with Crippen LogP contribution in [-0.4, -0.2) is 14.4 Å². The summed E-state index contributed by atoms with van der Waals surface area (Å²) in [4.78, 5) is 0. The van der Waals surface area contributed by atoms with Gasteiger partial charge in [-0.25, -0.2) is 0 Å². The molecule has 0 radical (unpaired) electrons. The second-order valence-electron chi connectivity index (χ2n) is 3.93. The molecule has 2 heteroatoms. The van der Waals surface area contributed by atoms with Gasteiger partial charge in [0.15, 0.2) is 0 Å². The average Bonchev–Trinajstić information content (AvgIpc) is 2.15. The minimum Gasteiger partial charge on any atom is -0.331 e. The van der Waals surface area contributed by atoms with Crippen molar-refractivity contribution in [2.45, 2.75) is 43.8 Å². The Hall–Kier alpha value is 0.0249. The van der Waals surface area contributed by atoms with Crippen LogP contribution in [0.25, 0.3) is 0 Å². The summed E-state index contributed by atoms with van der Waals surface area (Å²) in [5.41, 5.74) is 5.71. The predicted molar refractivity (Wildman–Crippen MR) is 48.0 cm³/mol. The fourth-order valence-electron chi connectivity index (χ4n) is 1.79. The lowest BCUT2D eigenvalue weighted by Crippen LogP contribution is -2.22. The Balaban J connectivity index is 2.41. The van der Waals surface area contributed by atoms with E-state index in [1.54, 1.807) is 0 Å². The van der Waals surface area contributed by atoms with Crippen LogP contribution in [-0.2, 0) is 0 Å². The molecule has 0 saturated heterocycles. The molecular formula is C8H18BN. The van der Waals surface area contributed by atoms with Crippen molar-refractivity contribution in [1.29, 1.82) is 0 Å². The fraction of sp³-hybridized carbons (Fsp3) is 1.00. The Labute approximate surface area is 64.8 Å². The third-order valence-corrected chi connectivity index (χ3v) is 2.80. The normalized spacial score (nSPS) is 25.7. The highest BCUT2D eigenvalue weighted by molar-refractivity contribution is 6.15. The van der Waals surface area contributed by atoms with Gasteiger partial charge in [0.1, 0.15) is 7.85 Å². The van der Waals surface area contributed by atoms with Crippen molar-refractivity contribution in [2.24, 2.45) is 5.73 Å². The summed E-state index contributed by atoms with van der Waals surface area (Å²) in [6, 6.07) is 0. The molecule has 10 heavy (non-hydrogen) atoms. The highest BCUT2D eigenvalue weighted by atomic mass is 14.6. The van der Waals surface area contributed by atoms with E-state index in [0.717, 1.165) is 6.54 Å². The molecule has 0 spiro atoms. The summed E-state index contributed by atoms with van der Waals surface area (Å²) >= 11 is 0. The summed E-state index contributed by atoms with van der Waals surface area (Å²) in [6.45, 7) is 0.882. The molecule has 0 aliphatic heterocycles. The first-order valence-electron chi connectivity index (χ1n) is 4.47. The zero-order valence-electron chi connectivity index (χ0n) is 7.03. The van der Waals surface area contributed by atoms with Crippen LogP contribution in [0.15, 0.2) is 0 Å². The molecule has 58 valence electrons. The molecule has 2 N–H and O–H groups in total. The molecule has 0 amide bonds. The molecule has 0 heterocycles. The Bertz CT molecular complexity index is 95.4. The number of hydrogen-bond donors (Lipinski definition) is 1. The quantitative estimate of drug-likeness (QED) is 0.427. The molecule has 0 aromatic rings. The first-order valence-corrected chi connectivity index (χ1v) is 4.47. The van der Waals surface area contributed by atoms with E-state index >= 15 is 0 Å². The van der Waals surface area contributed by atoms with Gasteiger partial charge in [-0.15, -0.1) is 0 Å². The zero-order valence-corrected chi connectivity index (χ0v) is 7.03. The van der Waals surface area contributed by atoms with Crippen LogP contribution >= 0.6 is 0 Å². The molecule has 0 atom stereocenters. The van der Waals surface area contributed by atoms with Gasteiger partial charge in [0.25, 0.3) is 0 Å². The van der Waals surface area contributed by atoms with E-state index < -0.39 is 0 Å². The monoisotopic (exact) mass is 139 g/mol. The fourth-order valence-corrected chi connectivity index (χ4v) is 1.79. The van der Waals surface area contributed by atoms with Crippen LogP contribution in [0.1, 0.15) is 38.5 Å². The van der Waals surface area contributed by atoms with Crippen LogP contribution < -0.4 is 5.73 Å². The molecule has 1 nitrogen and oxygen atoms in total. The van der Waals surface area contributed by atoms with Gasteiger partial charge in [0, 0.05) is 0 Å². The minimum atomic E-state index is 0.483.